The fourth-order valence-electron chi connectivity index (χ4n) is 4.59. The van der Waals surface area contributed by atoms with Crippen LogP contribution in [-0.4, -0.2) is 89.9 Å². The average Bonchev–Trinajstić information content (AvgIpc) is 3.55. The number of anilines is 4. The van der Waals surface area contributed by atoms with Gasteiger partial charge in [-0.2, -0.15) is 9.67 Å². The minimum Gasteiger partial charge on any atom is -0.492 e. The summed E-state index contributed by atoms with van der Waals surface area (Å²) in [5.41, 5.74) is 8.41. The van der Waals surface area contributed by atoms with Gasteiger partial charge in [0.2, 0.25) is 11.9 Å². The van der Waals surface area contributed by atoms with Crippen molar-refractivity contribution in [1.82, 2.24) is 24.6 Å². The summed E-state index contributed by atoms with van der Waals surface area (Å²) in [5, 5.41) is 7.39. The van der Waals surface area contributed by atoms with Crippen molar-refractivity contribution in [2.45, 2.75) is 12.8 Å². The molecular formula is C26H34N8O2. The van der Waals surface area contributed by atoms with Gasteiger partial charge in [-0.05, 0) is 81.5 Å². The van der Waals surface area contributed by atoms with Crippen LogP contribution in [0.2, 0.25) is 0 Å². The van der Waals surface area contributed by atoms with E-state index in [1.165, 1.54) is 25.9 Å². The second kappa shape index (κ2) is 11.0. The van der Waals surface area contributed by atoms with E-state index in [4.69, 9.17) is 10.5 Å². The largest absolute Gasteiger partial charge is 0.492 e. The number of benzene rings is 2. The molecule has 2 saturated heterocycles. The van der Waals surface area contributed by atoms with E-state index in [0.717, 1.165) is 54.5 Å². The molecule has 3 heterocycles. The number of hydrogen-bond donors (Lipinski definition) is 2. The van der Waals surface area contributed by atoms with E-state index in [9.17, 15) is 4.79 Å². The highest BCUT2D eigenvalue weighted by Crippen LogP contribution is 2.21. The van der Waals surface area contributed by atoms with Gasteiger partial charge in [0, 0.05) is 49.7 Å². The van der Waals surface area contributed by atoms with Crippen molar-refractivity contribution in [1.29, 1.82) is 0 Å². The first-order valence-corrected chi connectivity index (χ1v) is 12.6. The summed E-state index contributed by atoms with van der Waals surface area (Å²) in [5.74, 6) is 0.790. The van der Waals surface area contributed by atoms with Gasteiger partial charge in [0.15, 0.2) is 0 Å². The molecule has 36 heavy (non-hydrogen) atoms. The SMILES string of the molecule is CN1CCN(c2ccc(C(=O)n3nc(Nc4ccc(OCCN5CCCC5)cc4)nc3N)cc2)CC1. The van der Waals surface area contributed by atoms with Gasteiger partial charge >= 0.3 is 0 Å². The Bertz CT molecular complexity index is 1150. The molecule has 10 nitrogen and oxygen atoms in total. The number of rotatable bonds is 8. The third kappa shape index (κ3) is 5.77. The maximum Gasteiger partial charge on any atom is 0.281 e. The van der Waals surface area contributed by atoms with Crippen molar-refractivity contribution in [3.05, 3.63) is 54.1 Å². The van der Waals surface area contributed by atoms with Crippen LogP contribution >= 0.6 is 0 Å². The number of carbonyl (C=O) groups is 1. The molecule has 2 aromatic carbocycles. The van der Waals surface area contributed by atoms with Gasteiger partial charge < -0.3 is 25.6 Å². The molecule has 2 fully saturated rings. The zero-order valence-electron chi connectivity index (χ0n) is 20.8. The number of aromatic nitrogens is 3. The molecule has 0 radical (unpaired) electrons. The molecule has 2 aliphatic rings. The first-order valence-electron chi connectivity index (χ1n) is 12.6. The third-order valence-corrected chi connectivity index (χ3v) is 6.79. The van der Waals surface area contributed by atoms with Crippen molar-refractivity contribution in [2.75, 3.05) is 75.4 Å². The Labute approximate surface area is 211 Å². The Morgan fingerprint density at radius 2 is 1.67 bits per heavy atom. The van der Waals surface area contributed by atoms with Gasteiger partial charge in [0.05, 0.1) is 0 Å². The number of nitrogens with two attached hydrogens (primary N) is 1. The molecule has 3 N–H and O–H groups in total. The van der Waals surface area contributed by atoms with E-state index in [2.05, 4.69) is 37.1 Å². The van der Waals surface area contributed by atoms with Crippen molar-refractivity contribution in [2.24, 2.45) is 0 Å². The molecule has 5 rings (SSSR count). The minimum atomic E-state index is -0.320. The molecule has 2 aliphatic heterocycles. The second-order valence-corrected chi connectivity index (χ2v) is 9.39. The normalized spacial score (nSPS) is 16.9. The number of nitrogens with zero attached hydrogens (tertiary/aromatic N) is 6. The van der Waals surface area contributed by atoms with E-state index in [1.807, 2.05) is 48.5 Å². The van der Waals surface area contributed by atoms with E-state index in [-0.39, 0.29) is 17.8 Å². The lowest BCUT2D eigenvalue weighted by Gasteiger charge is -2.34. The van der Waals surface area contributed by atoms with Crippen LogP contribution in [0.25, 0.3) is 0 Å². The molecule has 0 spiro atoms. The molecule has 0 amide bonds. The number of nitrogen functional groups attached to an aromatic ring is 1. The zero-order chi connectivity index (χ0) is 24.9. The lowest BCUT2D eigenvalue weighted by atomic mass is 10.1. The Balaban J connectivity index is 1.17. The average molecular weight is 491 g/mol. The standard InChI is InChI=1S/C26H34N8O2/c1-31-14-16-33(17-15-31)22-8-4-20(5-9-22)24(35)34-25(27)29-26(30-34)28-21-6-10-23(11-7-21)36-19-18-32-12-2-3-13-32/h4-11H,2-3,12-19H2,1H3,(H3,27,28,29,30). The van der Waals surface area contributed by atoms with Crippen molar-refractivity contribution in [3.63, 3.8) is 0 Å². The van der Waals surface area contributed by atoms with Gasteiger partial charge in [0.1, 0.15) is 12.4 Å². The highest BCUT2D eigenvalue weighted by atomic mass is 16.5. The van der Waals surface area contributed by atoms with Crippen molar-refractivity contribution >= 4 is 29.2 Å². The molecule has 0 atom stereocenters. The van der Waals surface area contributed by atoms with Crippen LogP contribution in [0.1, 0.15) is 23.2 Å². The lowest BCUT2D eigenvalue weighted by molar-refractivity contribution is 0.0948. The predicted molar refractivity (Wildman–Crippen MR) is 141 cm³/mol. The molecule has 190 valence electrons. The van der Waals surface area contributed by atoms with Gasteiger partial charge in [-0.1, -0.05) is 0 Å². The topological polar surface area (TPSA) is 105 Å². The van der Waals surface area contributed by atoms with Crippen LogP contribution < -0.4 is 20.7 Å². The molecule has 0 aliphatic carbocycles. The Morgan fingerprint density at radius 3 is 2.36 bits per heavy atom. The van der Waals surface area contributed by atoms with Crippen LogP contribution in [-0.2, 0) is 0 Å². The smallest absolute Gasteiger partial charge is 0.281 e. The first kappa shape index (κ1) is 24.1. The number of carbonyl (C=O) groups excluding carboxylic acids is 1. The fraction of sp³-hybridized carbons (Fsp3) is 0.423. The first-order chi connectivity index (χ1) is 17.5. The summed E-state index contributed by atoms with van der Waals surface area (Å²) < 4.78 is 6.98. The molecule has 10 heteroatoms. The number of piperazine rings is 1. The quantitative estimate of drug-likeness (QED) is 0.493. The maximum absolute atomic E-state index is 13.0. The Kier molecular flexibility index (Phi) is 7.33. The second-order valence-electron chi connectivity index (χ2n) is 9.39. The Morgan fingerprint density at radius 1 is 0.972 bits per heavy atom. The van der Waals surface area contributed by atoms with E-state index >= 15 is 0 Å². The van der Waals surface area contributed by atoms with Gasteiger partial charge in [-0.3, -0.25) is 9.69 Å². The summed E-state index contributed by atoms with van der Waals surface area (Å²) in [7, 11) is 2.13. The van der Waals surface area contributed by atoms with Crippen molar-refractivity contribution < 1.29 is 9.53 Å². The molecule has 1 aromatic heterocycles. The lowest BCUT2D eigenvalue weighted by Crippen LogP contribution is -2.44. The number of hydrogen-bond acceptors (Lipinski definition) is 9. The minimum absolute atomic E-state index is 0.0347. The van der Waals surface area contributed by atoms with Crippen LogP contribution in [0.3, 0.4) is 0 Å². The summed E-state index contributed by atoms with van der Waals surface area (Å²) in [6.45, 7) is 7.96. The Hall–Kier alpha value is -3.63. The molecule has 0 bridgehead atoms. The predicted octanol–water partition coefficient (Wildman–Crippen LogP) is 2.52. The number of likely N-dealkylation sites (tertiary alicyclic amines) is 1. The molecule has 0 saturated carbocycles. The summed E-state index contributed by atoms with van der Waals surface area (Å²) in [6.07, 6.45) is 2.56. The summed E-state index contributed by atoms with van der Waals surface area (Å²) in [6, 6.07) is 15.2. The zero-order valence-corrected chi connectivity index (χ0v) is 20.8. The van der Waals surface area contributed by atoms with Gasteiger partial charge in [-0.15, -0.1) is 5.10 Å². The van der Waals surface area contributed by atoms with Gasteiger partial charge in [-0.25, -0.2) is 0 Å². The molecule has 0 unspecified atom stereocenters. The van der Waals surface area contributed by atoms with Crippen LogP contribution in [0.15, 0.2) is 48.5 Å². The van der Waals surface area contributed by atoms with Crippen LogP contribution in [0.5, 0.6) is 5.75 Å². The highest BCUT2D eigenvalue weighted by molar-refractivity contribution is 5.97. The highest BCUT2D eigenvalue weighted by Gasteiger charge is 2.18. The number of nitrogens with one attached hydrogen (secondary N) is 1. The summed E-state index contributed by atoms with van der Waals surface area (Å²) in [4.78, 5) is 24.3. The molecular weight excluding hydrogens is 456 g/mol. The van der Waals surface area contributed by atoms with E-state index in [0.29, 0.717) is 12.2 Å². The van der Waals surface area contributed by atoms with Crippen LogP contribution in [0.4, 0.5) is 23.3 Å². The maximum atomic E-state index is 13.0. The third-order valence-electron chi connectivity index (χ3n) is 6.79. The summed E-state index contributed by atoms with van der Waals surface area (Å²) >= 11 is 0. The monoisotopic (exact) mass is 490 g/mol. The number of ether oxygens (including phenoxy) is 1. The van der Waals surface area contributed by atoms with Crippen LogP contribution in [0, 0.1) is 0 Å². The molecule has 3 aromatic rings. The van der Waals surface area contributed by atoms with Crippen molar-refractivity contribution in [3.8, 4) is 5.75 Å². The van der Waals surface area contributed by atoms with E-state index < -0.39 is 0 Å². The fourth-order valence-corrected chi connectivity index (χ4v) is 4.59. The van der Waals surface area contributed by atoms with E-state index in [1.54, 1.807) is 0 Å². The number of likely N-dealkylation sites (N-methyl/N-ethyl adjacent to an activating group) is 1. The van der Waals surface area contributed by atoms with Gasteiger partial charge in [0.25, 0.3) is 5.91 Å².